The molecule has 1 aromatic rings. The average molecular weight is 212 g/mol. The minimum absolute atomic E-state index is 0.000360. The lowest BCUT2D eigenvalue weighted by molar-refractivity contribution is -0.135. The molecule has 0 aliphatic carbocycles. The second-order valence-corrected chi connectivity index (χ2v) is 2.68. The third kappa shape index (κ3) is 3.63. The van der Waals surface area contributed by atoms with Crippen LogP contribution in [-0.2, 0) is 4.79 Å². The fraction of sp³-hybridized carbons (Fsp3) is 0.111. The van der Waals surface area contributed by atoms with Crippen LogP contribution in [0.4, 0.5) is 14.9 Å². The first-order valence-corrected chi connectivity index (χ1v) is 4.11. The molecular weight excluding hydrogens is 203 g/mol. The molecule has 3 N–H and O–H groups in total. The van der Waals surface area contributed by atoms with Gasteiger partial charge >= 0.3 is 12.0 Å². The number of nitrogens with one attached hydrogen (secondary N) is 2. The molecule has 0 saturated carbocycles. The second-order valence-electron chi connectivity index (χ2n) is 2.68. The summed E-state index contributed by atoms with van der Waals surface area (Å²) in [4.78, 5) is 21.1. The predicted octanol–water partition coefficient (Wildman–Crippen LogP) is 1.03. The van der Waals surface area contributed by atoms with Gasteiger partial charge in [-0.15, -0.1) is 0 Å². The molecule has 0 saturated heterocycles. The maximum absolute atomic E-state index is 13.0. The van der Waals surface area contributed by atoms with E-state index in [0.29, 0.717) is 0 Å². The van der Waals surface area contributed by atoms with Crippen molar-refractivity contribution >= 4 is 17.7 Å². The molecule has 0 aliphatic rings. The molecule has 0 atom stereocenters. The minimum atomic E-state index is -1.17. The molecule has 15 heavy (non-hydrogen) atoms. The van der Waals surface area contributed by atoms with Crippen LogP contribution in [0.15, 0.2) is 24.3 Å². The van der Waals surface area contributed by atoms with Crippen LogP contribution in [0, 0.1) is 5.82 Å². The number of rotatable bonds is 3. The lowest BCUT2D eigenvalue weighted by Gasteiger charge is -2.06. The molecule has 1 rings (SSSR count). The number of carbonyl (C=O) groups excluding carboxylic acids is 1. The van der Waals surface area contributed by atoms with E-state index in [-0.39, 0.29) is 5.69 Å². The molecule has 0 aliphatic heterocycles. The summed E-state index contributed by atoms with van der Waals surface area (Å²) in [5, 5.41) is 12.5. The van der Waals surface area contributed by atoms with Gasteiger partial charge in [0.25, 0.3) is 0 Å². The van der Waals surface area contributed by atoms with Gasteiger partial charge in [0.2, 0.25) is 0 Å². The first-order valence-electron chi connectivity index (χ1n) is 4.11. The first-order chi connectivity index (χ1) is 7.09. The number of anilines is 1. The summed E-state index contributed by atoms with van der Waals surface area (Å²) in [5.74, 6) is -1.75. The smallest absolute Gasteiger partial charge is 0.323 e. The summed E-state index contributed by atoms with van der Waals surface area (Å²) in [7, 11) is 0. The Morgan fingerprint density at radius 2 is 2.00 bits per heavy atom. The van der Waals surface area contributed by atoms with Crippen molar-refractivity contribution in [2.75, 3.05) is 11.9 Å². The third-order valence-electron chi connectivity index (χ3n) is 1.52. The van der Waals surface area contributed by atoms with E-state index >= 15 is 0 Å². The summed E-state index contributed by atoms with van der Waals surface area (Å²) in [6, 6.07) is 4.83. The highest BCUT2D eigenvalue weighted by Gasteiger charge is 2.06. The predicted molar refractivity (Wildman–Crippen MR) is 51.1 cm³/mol. The Morgan fingerprint density at radius 3 is 2.60 bits per heavy atom. The van der Waals surface area contributed by atoms with Crippen LogP contribution in [-0.4, -0.2) is 23.7 Å². The molecule has 1 aromatic carbocycles. The number of halogens is 1. The maximum atomic E-state index is 13.0. The summed E-state index contributed by atoms with van der Waals surface area (Å²) >= 11 is 0. The quantitative estimate of drug-likeness (QED) is 0.700. The van der Waals surface area contributed by atoms with Gasteiger partial charge in [-0.05, 0) is 12.1 Å². The topological polar surface area (TPSA) is 78.4 Å². The van der Waals surface area contributed by atoms with Crippen LogP contribution >= 0.6 is 0 Å². The zero-order chi connectivity index (χ0) is 11.3. The number of carboxylic acids is 1. The van der Waals surface area contributed by atoms with Crippen molar-refractivity contribution in [2.45, 2.75) is 0 Å². The molecule has 2 amide bonds. The van der Waals surface area contributed by atoms with Crippen molar-refractivity contribution in [1.29, 1.82) is 0 Å². The van der Waals surface area contributed by atoms with Crippen LogP contribution in [0.25, 0.3) is 0 Å². The number of amides is 2. The van der Waals surface area contributed by atoms with Crippen molar-refractivity contribution in [3.63, 3.8) is 0 Å². The van der Waals surface area contributed by atoms with Gasteiger partial charge in [-0.2, -0.15) is 0 Å². The molecular formula is C9H9FN2O3. The molecule has 0 spiro atoms. The summed E-state index contributed by atoms with van der Waals surface area (Å²) in [6.07, 6.45) is 0. The molecule has 6 heteroatoms. The van der Waals surface area contributed by atoms with Crippen molar-refractivity contribution in [3.8, 4) is 0 Å². The molecule has 0 heterocycles. The van der Waals surface area contributed by atoms with Gasteiger partial charge in [0, 0.05) is 0 Å². The number of aliphatic carboxylic acids is 1. The molecule has 0 bridgehead atoms. The zero-order valence-corrected chi connectivity index (χ0v) is 7.66. The fourth-order valence-corrected chi connectivity index (χ4v) is 0.885. The average Bonchev–Trinajstić information content (AvgIpc) is 2.18. The second kappa shape index (κ2) is 4.94. The Hall–Kier alpha value is -2.11. The number of benzene rings is 1. The van der Waals surface area contributed by atoms with Crippen molar-refractivity contribution < 1.29 is 19.1 Å². The highest BCUT2D eigenvalue weighted by atomic mass is 19.1. The van der Waals surface area contributed by atoms with E-state index in [9.17, 15) is 14.0 Å². The Bertz CT molecular complexity index is 381. The molecule has 0 radical (unpaired) electrons. The van der Waals surface area contributed by atoms with Crippen molar-refractivity contribution in [1.82, 2.24) is 5.32 Å². The summed E-state index contributed by atoms with van der Waals surface area (Å²) in [5.41, 5.74) is 0.000360. The molecule has 0 fully saturated rings. The van der Waals surface area contributed by atoms with Crippen LogP contribution < -0.4 is 10.6 Å². The van der Waals surface area contributed by atoms with E-state index in [4.69, 9.17) is 5.11 Å². The molecule has 0 aromatic heterocycles. The number of para-hydroxylation sites is 1. The standard InChI is InChI=1S/C9H9FN2O3/c10-6-3-1-2-4-7(6)12-9(15)11-5-8(13)14/h1-4H,5H2,(H,13,14)(H2,11,12,15). The Morgan fingerprint density at radius 1 is 1.33 bits per heavy atom. The van der Waals surface area contributed by atoms with Gasteiger partial charge in [-0.1, -0.05) is 12.1 Å². The van der Waals surface area contributed by atoms with Crippen LogP contribution in [0.2, 0.25) is 0 Å². The Balaban J connectivity index is 2.52. The lowest BCUT2D eigenvalue weighted by atomic mass is 10.3. The molecule has 5 nitrogen and oxygen atoms in total. The normalized spacial score (nSPS) is 9.40. The van der Waals surface area contributed by atoms with E-state index in [2.05, 4.69) is 5.32 Å². The van der Waals surface area contributed by atoms with E-state index in [1.807, 2.05) is 5.32 Å². The monoisotopic (exact) mass is 212 g/mol. The highest BCUT2D eigenvalue weighted by Crippen LogP contribution is 2.11. The summed E-state index contributed by atoms with van der Waals surface area (Å²) < 4.78 is 13.0. The molecule has 80 valence electrons. The zero-order valence-electron chi connectivity index (χ0n) is 7.66. The van der Waals surface area contributed by atoms with Gasteiger partial charge in [-0.3, -0.25) is 4.79 Å². The SMILES string of the molecule is O=C(O)CNC(=O)Nc1ccccc1F. The van der Waals surface area contributed by atoms with Gasteiger partial charge < -0.3 is 15.7 Å². The number of hydrogen-bond acceptors (Lipinski definition) is 2. The van der Waals surface area contributed by atoms with Crippen LogP contribution in [0.1, 0.15) is 0 Å². The molecule has 0 unspecified atom stereocenters. The minimum Gasteiger partial charge on any atom is -0.480 e. The Labute approximate surface area is 84.9 Å². The highest BCUT2D eigenvalue weighted by molar-refractivity contribution is 5.91. The Kier molecular flexibility index (Phi) is 3.61. The number of carboxylic acid groups (broad SMARTS) is 1. The first kappa shape index (κ1) is 11.0. The number of urea groups is 1. The van der Waals surface area contributed by atoms with E-state index < -0.39 is 24.4 Å². The van der Waals surface area contributed by atoms with Gasteiger partial charge in [-0.25, -0.2) is 9.18 Å². The van der Waals surface area contributed by atoms with Crippen LogP contribution in [0.5, 0.6) is 0 Å². The van der Waals surface area contributed by atoms with Crippen molar-refractivity contribution in [3.05, 3.63) is 30.1 Å². The maximum Gasteiger partial charge on any atom is 0.323 e. The third-order valence-corrected chi connectivity index (χ3v) is 1.52. The lowest BCUT2D eigenvalue weighted by Crippen LogP contribution is -2.33. The van der Waals surface area contributed by atoms with E-state index in [1.165, 1.54) is 18.2 Å². The largest absolute Gasteiger partial charge is 0.480 e. The fourth-order valence-electron chi connectivity index (χ4n) is 0.885. The van der Waals surface area contributed by atoms with E-state index in [1.54, 1.807) is 6.07 Å². The van der Waals surface area contributed by atoms with Gasteiger partial charge in [0.1, 0.15) is 12.4 Å². The van der Waals surface area contributed by atoms with Gasteiger partial charge in [0.15, 0.2) is 0 Å². The van der Waals surface area contributed by atoms with E-state index in [0.717, 1.165) is 0 Å². The number of carbonyl (C=O) groups is 2. The number of hydrogen-bond donors (Lipinski definition) is 3. The summed E-state index contributed by atoms with van der Waals surface area (Å²) in [6.45, 7) is -0.514. The van der Waals surface area contributed by atoms with Gasteiger partial charge in [0.05, 0.1) is 5.69 Å². The van der Waals surface area contributed by atoms with Crippen LogP contribution in [0.3, 0.4) is 0 Å². The van der Waals surface area contributed by atoms with Crippen molar-refractivity contribution in [2.24, 2.45) is 0 Å².